The van der Waals surface area contributed by atoms with Crippen LogP contribution in [0.4, 0.5) is 14.6 Å². The lowest BCUT2D eigenvalue weighted by Crippen LogP contribution is -2.31. The summed E-state index contributed by atoms with van der Waals surface area (Å²) in [6, 6.07) is 4.29. The van der Waals surface area contributed by atoms with Gasteiger partial charge in [-0.1, -0.05) is 0 Å². The monoisotopic (exact) mass is 345 g/mol. The Balaban J connectivity index is -0.000000300. The number of pyridine rings is 1. The van der Waals surface area contributed by atoms with Crippen LogP contribution in [0, 0.1) is 0 Å². The molecule has 0 spiro atoms. The molecule has 1 aromatic rings. The van der Waals surface area contributed by atoms with Gasteiger partial charge in [-0.25, -0.2) is 4.57 Å². The molecule has 0 unspecified atom stereocenters. The Morgan fingerprint density at radius 1 is 1.10 bits per heavy atom. The quantitative estimate of drug-likeness (QED) is 0.769. The maximum Gasteiger partial charge on any atom is 0.335 e. The van der Waals surface area contributed by atoms with Crippen LogP contribution < -0.4 is 9.47 Å². The molecule has 1 aromatic heterocycles. The van der Waals surface area contributed by atoms with Crippen molar-refractivity contribution in [3.8, 4) is 0 Å². The van der Waals surface area contributed by atoms with Gasteiger partial charge in [-0.2, -0.15) is 16.8 Å². The summed E-state index contributed by atoms with van der Waals surface area (Å²) in [7, 11) is 2.10. The molecule has 0 aliphatic heterocycles. The van der Waals surface area contributed by atoms with Crippen molar-refractivity contribution in [2.45, 2.75) is 20.4 Å². The Labute approximate surface area is 129 Å². The first kappa shape index (κ1) is 24.4. The van der Waals surface area contributed by atoms with Crippen LogP contribution in [0.25, 0.3) is 5.76 Å². The summed E-state index contributed by atoms with van der Waals surface area (Å²) in [5.41, 5.74) is 1.28. The van der Waals surface area contributed by atoms with Gasteiger partial charge in [0.1, 0.15) is 6.54 Å². The van der Waals surface area contributed by atoms with E-state index < -0.39 is 23.1 Å². The molecule has 7 nitrogen and oxygen atoms in total. The molecule has 0 saturated carbocycles. The fourth-order valence-electron chi connectivity index (χ4n) is 1.10. The molecule has 0 bridgehead atoms. The summed E-state index contributed by atoms with van der Waals surface area (Å²) < 4.78 is 53.8. The highest BCUT2D eigenvalue weighted by Crippen LogP contribution is 2.07. The van der Waals surface area contributed by atoms with E-state index in [1.807, 2.05) is 0 Å². The van der Waals surface area contributed by atoms with Gasteiger partial charge in [0.15, 0.2) is 12.4 Å². The molecule has 0 fully saturated rings. The molecule has 0 N–H and O–H groups in total. The zero-order valence-electron chi connectivity index (χ0n) is 11.8. The van der Waals surface area contributed by atoms with E-state index in [9.17, 15) is 8.96 Å². The van der Waals surface area contributed by atoms with Crippen molar-refractivity contribution in [2.24, 2.45) is 0 Å². The minimum Gasteiger partial charge on any atom is -0.375 e. The van der Waals surface area contributed by atoms with E-state index in [0.29, 0.717) is 5.76 Å². The molecule has 21 heavy (non-hydrogen) atoms. The van der Waals surface area contributed by atoms with Gasteiger partial charge in [-0.3, -0.25) is 0 Å². The van der Waals surface area contributed by atoms with Crippen LogP contribution >= 0.6 is 0 Å². The third-order valence-electron chi connectivity index (χ3n) is 2.15. The molecular formula is C10H17F2N3O4S2. The first-order chi connectivity index (χ1) is 10.0. The minimum atomic E-state index is -0.750. The van der Waals surface area contributed by atoms with Gasteiger partial charge in [0.2, 0.25) is 0 Å². The average molecular weight is 345 g/mol. The predicted molar refractivity (Wildman–Crippen MR) is 74.7 cm³/mol. The summed E-state index contributed by atoms with van der Waals surface area (Å²) in [6.45, 7) is 6.39. The third-order valence-corrected chi connectivity index (χ3v) is 2.15. The van der Waals surface area contributed by atoms with E-state index in [4.69, 9.17) is 16.8 Å². The number of halogens is 2. The molecule has 0 aromatic carbocycles. The topological polar surface area (TPSA) is 89.5 Å². The molecule has 0 saturated heterocycles. The highest BCUT2D eigenvalue weighted by molar-refractivity contribution is 7.51. The van der Waals surface area contributed by atoms with Gasteiger partial charge in [-0.05, 0) is 13.8 Å². The number of hydrogen-bond donors (Lipinski definition) is 0. The lowest BCUT2D eigenvalue weighted by atomic mass is 10.3. The molecule has 0 amide bonds. The Morgan fingerprint density at radius 3 is 1.67 bits per heavy atom. The van der Waals surface area contributed by atoms with Crippen molar-refractivity contribution in [1.82, 2.24) is 0 Å². The smallest absolute Gasteiger partial charge is 0.335 e. The van der Waals surface area contributed by atoms with Gasteiger partial charge in [0, 0.05) is 31.4 Å². The van der Waals surface area contributed by atoms with Crippen molar-refractivity contribution >= 4 is 28.8 Å². The zero-order valence-corrected chi connectivity index (χ0v) is 13.4. The van der Waals surface area contributed by atoms with E-state index >= 15 is 0 Å². The number of anilines is 1. The lowest BCUT2D eigenvalue weighted by Gasteiger charge is -2.15. The average Bonchev–Trinajstić information content (AvgIpc) is 2.49. The van der Waals surface area contributed by atoms with Gasteiger partial charge >= 0.3 is 23.1 Å². The number of nitrogens with zero attached hydrogens (tertiary/aromatic N) is 3. The number of aryl methyl sites for hydroxylation is 1. The zero-order chi connectivity index (χ0) is 17.1. The van der Waals surface area contributed by atoms with Crippen LogP contribution in [0.5, 0.6) is 0 Å². The summed E-state index contributed by atoms with van der Waals surface area (Å²) in [6.07, 6.45) is 4.23. The van der Waals surface area contributed by atoms with Crippen LogP contribution in [0.15, 0.2) is 24.5 Å². The fourth-order valence-corrected chi connectivity index (χ4v) is 1.10. The Kier molecular flexibility index (Phi) is 24.1. The Bertz CT molecular complexity index is 399. The van der Waals surface area contributed by atoms with E-state index in [1.54, 1.807) is 0 Å². The van der Waals surface area contributed by atoms with Crippen LogP contribution in [0.3, 0.4) is 0 Å². The van der Waals surface area contributed by atoms with Crippen molar-refractivity contribution in [1.29, 1.82) is 0 Å². The van der Waals surface area contributed by atoms with Crippen LogP contribution in [-0.4, -0.2) is 30.4 Å². The maximum atomic E-state index is 9.25. The molecular weight excluding hydrogens is 328 g/mol. The molecule has 0 atom stereocenters. The Morgan fingerprint density at radius 2 is 1.43 bits per heavy atom. The minimum absolute atomic E-state index is 0.500. The largest absolute Gasteiger partial charge is 0.375 e. The molecule has 11 heteroatoms. The number of rotatable bonds is 3. The maximum absolute atomic E-state index is 9.25. The van der Waals surface area contributed by atoms with Crippen LogP contribution in [0.2, 0.25) is 0 Å². The first-order valence-corrected chi connectivity index (χ1v) is 6.82. The second kappa shape index (κ2) is 20.7. The summed E-state index contributed by atoms with van der Waals surface area (Å²) in [5, 5.41) is 0. The highest BCUT2D eigenvalue weighted by atomic mass is 32.1. The van der Waals surface area contributed by atoms with E-state index in [-0.39, 0.29) is 0 Å². The molecule has 1 rings (SSSR count). The Hall–Kier alpha value is -1.59. The number of hydrogen-bond acceptors (Lipinski definition) is 5. The first-order valence-electron chi connectivity index (χ1n) is 5.48. The molecule has 0 radical (unpaired) electrons. The number of aromatic nitrogens is 1. The van der Waals surface area contributed by atoms with Crippen LogP contribution in [-0.2, 0) is 29.7 Å². The lowest BCUT2D eigenvalue weighted by molar-refractivity contribution is -0.693. The van der Waals surface area contributed by atoms with Gasteiger partial charge in [0.25, 0.3) is 0 Å². The van der Waals surface area contributed by atoms with Crippen molar-refractivity contribution in [3.63, 3.8) is 0 Å². The standard InChI is InChI=1S/C10H17N2.F2N.2O2S/c1-4-11(3)10-6-8-12(5-2)9-7-10;3*1-3-2/h6-9H,4-5H2,1-3H3;;;/q+1;-1;;. The van der Waals surface area contributed by atoms with Crippen molar-refractivity contribution in [3.05, 3.63) is 30.3 Å². The second-order valence-corrected chi connectivity index (χ2v) is 3.37. The highest BCUT2D eigenvalue weighted by Gasteiger charge is 2.00. The summed E-state index contributed by atoms with van der Waals surface area (Å²) >= 11 is -1.50. The molecule has 122 valence electrons. The van der Waals surface area contributed by atoms with Gasteiger partial charge in [-0.15, -0.1) is 0 Å². The molecule has 1 heterocycles. The summed E-state index contributed by atoms with van der Waals surface area (Å²) in [4.78, 5) is 2.22. The normalized spacial score (nSPS) is 7.67. The van der Waals surface area contributed by atoms with Gasteiger partial charge in [0.05, 0.1) is 0 Å². The fraction of sp³-hybridized carbons (Fsp3) is 0.500. The van der Waals surface area contributed by atoms with E-state index in [0.717, 1.165) is 13.1 Å². The summed E-state index contributed by atoms with van der Waals surface area (Å²) in [5.74, 6) is 0.500. The van der Waals surface area contributed by atoms with Gasteiger partial charge < -0.3 is 19.6 Å². The van der Waals surface area contributed by atoms with Crippen molar-refractivity contribution < 1.29 is 30.4 Å². The second-order valence-electron chi connectivity index (χ2n) is 3.10. The molecule has 0 aliphatic rings. The van der Waals surface area contributed by atoms with E-state index in [1.165, 1.54) is 5.69 Å². The SMILES string of the molecule is CCN(C)c1cc[n+](CC)cc1.F[N-]F.O=S=O.O=S=O. The molecule has 0 aliphatic carbocycles. The third kappa shape index (κ3) is 18.4. The van der Waals surface area contributed by atoms with Crippen LogP contribution in [0.1, 0.15) is 13.8 Å². The van der Waals surface area contributed by atoms with E-state index in [2.05, 4.69) is 54.9 Å². The van der Waals surface area contributed by atoms with Crippen molar-refractivity contribution in [2.75, 3.05) is 18.5 Å². The predicted octanol–water partition coefficient (Wildman–Crippen LogP) is 1.24.